The fraction of sp³-hybridized carbons (Fsp3) is 0.278. The Hall–Kier alpha value is -1.55. The van der Waals surface area contributed by atoms with Gasteiger partial charge in [-0.15, -0.1) is 12.4 Å². The van der Waals surface area contributed by atoms with E-state index in [9.17, 15) is 0 Å². The number of aryl methyl sites for hydroxylation is 1. The van der Waals surface area contributed by atoms with Crippen molar-refractivity contribution < 1.29 is 5.48 Å². The molecule has 3 rings (SSSR count). The van der Waals surface area contributed by atoms with Gasteiger partial charge in [-0.1, -0.05) is 47.5 Å². The van der Waals surface area contributed by atoms with Crippen LogP contribution in [-0.4, -0.2) is 30.3 Å². The number of nitrogens with zero attached hydrogens (tertiary/aromatic N) is 2. The zero-order chi connectivity index (χ0) is 15.0. The quantitative estimate of drug-likeness (QED) is 0.768. The van der Waals surface area contributed by atoms with Crippen LogP contribution in [-0.2, 0) is 6.42 Å². The molecular formula is C18H22Cl2N2O. The first kappa shape index (κ1) is 19.5. The van der Waals surface area contributed by atoms with Gasteiger partial charge in [0.05, 0.1) is 0 Å². The van der Waals surface area contributed by atoms with E-state index >= 15 is 0 Å². The van der Waals surface area contributed by atoms with E-state index in [0.29, 0.717) is 0 Å². The van der Waals surface area contributed by atoms with Gasteiger partial charge in [0.1, 0.15) is 11.9 Å². The predicted molar refractivity (Wildman–Crippen MR) is 100 cm³/mol. The highest BCUT2D eigenvalue weighted by Gasteiger charge is 2.23. The van der Waals surface area contributed by atoms with Gasteiger partial charge in [-0.25, -0.2) is 0 Å². The molecule has 5 heteroatoms. The summed E-state index contributed by atoms with van der Waals surface area (Å²) in [4.78, 5) is 7.07. The van der Waals surface area contributed by atoms with Crippen molar-refractivity contribution in [2.75, 3.05) is 14.1 Å². The average Bonchev–Trinajstić information content (AvgIpc) is 2.47. The Kier molecular flexibility index (Phi) is 6.63. The summed E-state index contributed by atoms with van der Waals surface area (Å²) in [5, 5.41) is 0.760. The van der Waals surface area contributed by atoms with Crippen molar-refractivity contribution in [1.82, 2.24) is 4.90 Å². The maximum atomic E-state index is 6.01. The molecule has 1 atom stereocenters. The number of hydrogen-bond acceptors (Lipinski definition) is 2. The third-order valence-electron chi connectivity index (χ3n) is 3.92. The van der Waals surface area contributed by atoms with Crippen molar-refractivity contribution in [1.29, 1.82) is 0 Å². The molecule has 0 aliphatic carbocycles. The normalized spacial score (nSPS) is 15.7. The first-order valence-corrected chi connectivity index (χ1v) is 7.51. The molecule has 2 N–H and O–H groups in total. The zero-order valence-corrected chi connectivity index (χ0v) is 15.1. The van der Waals surface area contributed by atoms with Crippen molar-refractivity contribution in [3.8, 4) is 0 Å². The van der Waals surface area contributed by atoms with Gasteiger partial charge in [-0.05, 0) is 35.7 Å². The number of fused-ring (bicyclic) bond motifs is 1. The first-order chi connectivity index (χ1) is 10.0. The summed E-state index contributed by atoms with van der Waals surface area (Å²) in [5.41, 5.74) is 5.13. The van der Waals surface area contributed by atoms with Gasteiger partial charge in [0.15, 0.2) is 0 Å². The molecule has 1 aliphatic rings. The second-order valence-corrected chi connectivity index (χ2v) is 6.21. The van der Waals surface area contributed by atoms with Crippen LogP contribution in [0.1, 0.15) is 28.3 Å². The predicted octanol–water partition coefficient (Wildman–Crippen LogP) is 3.85. The smallest absolute Gasteiger partial charge is 0.104 e. The summed E-state index contributed by atoms with van der Waals surface area (Å²) in [5.74, 6) is 1.12. The molecule has 0 saturated carbocycles. The van der Waals surface area contributed by atoms with E-state index in [1.165, 1.54) is 22.3 Å². The average molecular weight is 353 g/mol. The molecule has 124 valence electrons. The highest BCUT2D eigenvalue weighted by atomic mass is 35.5. The van der Waals surface area contributed by atoms with E-state index in [1.54, 1.807) is 0 Å². The highest BCUT2D eigenvalue weighted by Crippen LogP contribution is 2.34. The topological polar surface area (TPSA) is 47.1 Å². The molecular weight excluding hydrogens is 331 g/mol. The number of hydrogen-bond donors (Lipinski definition) is 0. The van der Waals surface area contributed by atoms with E-state index < -0.39 is 0 Å². The van der Waals surface area contributed by atoms with Crippen LogP contribution in [0.2, 0.25) is 5.02 Å². The van der Waals surface area contributed by atoms with E-state index in [0.717, 1.165) is 17.3 Å². The van der Waals surface area contributed by atoms with Crippen LogP contribution >= 0.6 is 24.0 Å². The van der Waals surface area contributed by atoms with Crippen LogP contribution in [0.4, 0.5) is 0 Å². The maximum Gasteiger partial charge on any atom is 0.104 e. The number of rotatable bonds is 1. The molecule has 3 nitrogen and oxygen atoms in total. The monoisotopic (exact) mass is 352 g/mol. The lowest BCUT2D eigenvalue weighted by Gasteiger charge is -2.28. The third-order valence-corrected chi connectivity index (χ3v) is 4.18. The van der Waals surface area contributed by atoms with Crippen LogP contribution in [0.25, 0.3) is 0 Å². The number of aliphatic imine (C=N–C) groups is 1. The molecule has 0 spiro atoms. The van der Waals surface area contributed by atoms with E-state index in [1.807, 2.05) is 12.1 Å². The summed E-state index contributed by atoms with van der Waals surface area (Å²) < 4.78 is 0. The molecule has 0 saturated heterocycles. The molecule has 2 aromatic rings. The van der Waals surface area contributed by atoms with Crippen molar-refractivity contribution in [2.24, 2.45) is 4.99 Å². The van der Waals surface area contributed by atoms with E-state index in [4.69, 9.17) is 16.6 Å². The summed E-state index contributed by atoms with van der Waals surface area (Å²) in [7, 11) is 4.11. The first-order valence-electron chi connectivity index (χ1n) is 7.13. The Balaban J connectivity index is 0.00000132. The zero-order valence-electron chi connectivity index (χ0n) is 13.5. The van der Waals surface area contributed by atoms with Gasteiger partial charge >= 0.3 is 0 Å². The van der Waals surface area contributed by atoms with Gasteiger partial charge in [-0.3, -0.25) is 4.99 Å². The van der Waals surface area contributed by atoms with Crippen molar-refractivity contribution in [2.45, 2.75) is 19.4 Å². The lowest BCUT2D eigenvalue weighted by atomic mass is 9.89. The summed E-state index contributed by atoms with van der Waals surface area (Å²) >= 11 is 6.01. The van der Waals surface area contributed by atoms with Crippen LogP contribution in [0.15, 0.2) is 47.5 Å². The lowest BCUT2D eigenvalue weighted by molar-refractivity contribution is 0.592. The van der Waals surface area contributed by atoms with Crippen LogP contribution in [0.3, 0.4) is 0 Å². The van der Waals surface area contributed by atoms with E-state index in [2.05, 4.69) is 56.3 Å². The third kappa shape index (κ3) is 4.05. The molecule has 0 amide bonds. The summed E-state index contributed by atoms with van der Waals surface area (Å²) in [6, 6.07) is 14.7. The van der Waals surface area contributed by atoms with Gasteiger partial charge in [0.2, 0.25) is 0 Å². The van der Waals surface area contributed by atoms with Crippen molar-refractivity contribution in [3.05, 3.63) is 69.7 Å². The fourth-order valence-electron chi connectivity index (χ4n) is 2.74. The SMILES string of the molecule is Cc1ccc2c(c1)C(c1ccc(Cl)cc1)N=C(N(C)C)C2.Cl.O. The Morgan fingerprint density at radius 3 is 2.35 bits per heavy atom. The molecule has 1 unspecified atom stereocenters. The molecule has 0 fully saturated rings. The lowest BCUT2D eigenvalue weighted by Crippen LogP contribution is -2.28. The number of halogens is 2. The fourth-order valence-corrected chi connectivity index (χ4v) is 2.86. The molecule has 2 aromatic carbocycles. The van der Waals surface area contributed by atoms with E-state index in [-0.39, 0.29) is 23.9 Å². The van der Waals surface area contributed by atoms with Crippen LogP contribution in [0.5, 0.6) is 0 Å². The second kappa shape index (κ2) is 7.82. The summed E-state index contributed by atoms with van der Waals surface area (Å²) in [6.07, 6.45) is 0.896. The van der Waals surface area contributed by atoms with Gasteiger partial charge in [0, 0.05) is 25.5 Å². The minimum Gasteiger partial charge on any atom is -0.412 e. The highest BCUT2D eigenvalue weighted by molar-refractivity contribution is 6.30. The summed E-state index contributed by atoms with van der Waals surface area (Å²) in [6.45, 7) is 2.13. The van der Waals surface area contributed by atoms with Crippen LogP contribution < -0.4 is 0 Å². The molecule has 0 radical (unpaired) electrons. The number of amidine groups is 1. The molecule has 0 aromatic heterocycles. The molecule has 0 bridgehead atoms. The van der Waals surface area contributed by atoms with Gasteiger partial charge < -0.3 is 10.4 Å². The van der Waals surface area contributed by atoms with Crippen molar-refractivity contribution >= 4 is 29.8 Å². The Bertz CT molecular complexity index is 697. The Labute approximate surface area is 148 Å². The Morgan fingerprint density at radius 2 is 1.74 bits per heavy atom. The molecule has 23 heavy (non-hydrogen) atoms. The van der Waals surface area contributed by atoms with Crippen molar-refractivity contribution in [3.63, 3.8) is 0 Å². The maximum absolute atomic E-state index is 6.01. The minimum absolute atomic E-state index is 0. The minimum atomic E-state index is 0. The second-order valence-electron chi connectivity index (χ2n) is 5.77. The molecule has 1 aliphatic heterocycles. The van der Waals surface area contributed by atoms with Gasteiger partial charge in [-0.2, -0.15) is 0 Å². The standard InChI is InChI=1S/C18H19ClN2.ClH.H2O/c1-12-4-5-14-11-17(21(2)3)20-18(16(14)10-12)13-6-8-15(19)9-7-13;;/h4-10,18H,11H2,1-3H3;1H;1H2. The Morgan fingerprint density at radius 1 is 1.09 bits per heavy atom. The number of likely N-dealkylation sites (N-methyl/N-ethyl adjacent to an activating group) is 1. The van der Waals surface area contributed by atoms with Gasteiger partial charge in [0.25, 0.3) is 0 Å². The van der Waals surface area contributed by atoms with Crippen LogP contribution in [0, 0.1) is 6.92 Å². The largest absolute Gasteiger partial charge is 0.412 e. The number of benzene rings is 2. The molecule has 1 heterocycles.